The van der Waals surface area contributed by atoms with Crippen LogP contribution in [0, 0.1) is 0 Å². The number of unbranched alkanes of at least 4 members (excludes halogenated alkanes) is 45. The second-order valence-electron chi connectivity index (χ2n) is 23.5. The van der Waals surface area contributed by atoms with Crippen molar-refractivity contribution in [3.63, 3.8) is 0 Å². The number of phosphoric ester groups is 1. The number of aliphatic hydroxyl groups excluding tert-OH is 1. The van der Waals surface area contributed by atoms with E-state index in [9.17, 15) is 19.4 Å². The van der Waals surface area contributed by atoms with Crippen LogP contribution in [0.4, 0.5) is 0 Å². The molecule has 9 heteroatoms. The van der Waals surface area contributed by atoms with Crippen molar-refractivity contribution in [2.24, 2.45) is 0 Å². The van der Waals surface area contributed by atoms with E-state index >= 15 is 0 Å². The van der Waals surface area contributed by atoms with Gasteiger partial charge >= 0.3 is 7.82 Å². The van der Waals surface area contributed by atoms with E-state index < -0.39 is 20.0 Å². The Morgan fingerprint density at radius 1 is 0.452 bits per heavy atom. The molecule has 0 aliphatic heterocycles. The Morgan fingerprint density at radius 3 is 1.05 bits per heavy atom. The number of hydrogen-bond acceptors (Lipinski definition) is 5. The first-order chi connectivity index (χ1) is 35.5. The van der Waals surface area contributed by atoms with Crippen molar-refractivity contribution in [2.75, 3.05) is 40.9 Å². The van der Waals surface area contributed by atoms with Gasteiger partial charge in [-0.05, 0) is 44.9 Å². The van der Waals surface area contributed by atoms with Crippen LogP contribution in [0.2, 0.25) is 0 Å². The molecule has 73 heavy (non-hydrogen) atoms. The molecular formula is C64H128N2O6P+. The van der Waals surface area contributed by atoms with E-state index in [2.05, 4.69) is 31.3 Å². The number of rotatable bonds is 60. The van der Waals surface area contributed by atoms with Crippen LogP contribution in [0.3, 0.4) is 0 Å². The second kappa shape index (κ2) is 55.7. The van der Waals surface area contributed by atoms with Gasteiger partial charge in [0.25, 0.3) is 0 Å². The molecule has 0 spiro atoms. The van der Waals surface area contributed by atoms with Crippen molar-refractivity contribution in [2.45, 2.75) is 341 Å². The van der Waals surface area contributed by atoms with Crippen LogP contribution in [0.5, 0.6) is 0 Å². The minimum atomic E-state index is -4.35. The fourth-order valence-corrected chi connectivity index (χ4v) is 10.6. The highest BCUT2D eigenvalue weighted by molar-refractivity contribution is 7.47. The molecule has 0 heterocycles. The Labute approximate surface area is 455 Å². The number of quaternary nitrogens is 1. The number of phosphoric acid groups is 1. The van der Waals surface area contributed by atoms with Crippen molar-refractivity contribution in [3.8, 4) is 0 Å². The predicted molar refractivity (Wildman–Crippen MR) is 318 cm³/mol. The van der Waals surface area contributed by atoms with Crippen LogP contribution in [-0.4, -0.2) is 73.4 Å². The van der Waals surface area contributed by atoms with Crippen molar-refractivity contribution in [3.05, 3.63) is 24.3 Å². The van der Waals surface area contributed by atoms with Crippen LogP contribution in [0.1, 0.15) is 328 Å². The first-order valence-corrected chi connectivity index (χ1v) is 33.7. The fourth-order valence-electron chi connectivity index (χ4n) is 9.86. The van der Waals surface area contributed by atoms with Gasteiger partial charge in [-0.15, -0.1) is 0 Å². The summed E-state index contributed by atoms with van der Waals surface area (Å²) in [5.74, 6) is -0.171. The largest absolute Gasteiger partial charge is 0.472 e. The van der Waals surface area contributed by atoms with Gasteiger partial charge in [0, 0.05) is 6.42 Å². The fraction of sp³-hybridized carbons (Fsp3) is 0.922. The summed E-state index contributed by atoms with van der Waals surface area (Å²) in [6, 6.07) is -0.845. The smallest absolute Gasteiger partial charge is 0.387 e. The lowest BCUT2D eigenvalue weighted by Crippen LogP contribution is -2.45. The number of carbonyl (C=O) groups excluding carboxylic acids is 1. The number of nitrogens with one attached hydrogen (secondary N) is 1. The lowest BCUT2D eigenvalue weighted by Gasteiger charge is -2.25. The number of amides is 1. The maximum Gasteiger partial charge on any atom is 0.472 e. The summed E-state index contributed by atoms with van der Waals surface area (Å²) in [5.41, 5.74) is 0. The monoisotopic (exact) mass is 1050 g/mol. The Hall–Kier alpha value is -1.02. The van der Waals surface area contributed by atoms with Crippen LogP contribution in [-0.2, 0) is 18.4 Å². The van der Waals surface area contributed by atoms with Gasteiger partial charge in [-0.25, -0.2) is 4.57 Å². The number of carbonyl (C=O) groups is 1. The van der Waals surface area contributed by atoms with Crippen molar-refractivity contribution >= 4 is 13.7 Å². The molecule has 3 unspecified atom stereocenters. The van der Waals surface area contributed by atoms with E-state index in [1.165, 1.54) is 276 Å². The molecule has 0 saturated heterocycles. The molecule has 434 valence electrons. The van der Waals surface area contributed by atoms with Crippen LogP contribution < -0.4 is 5.32 Å². The molecule has 3 N–H and O–H groups in total. The maximum atomic E-state index is 13.0. The van der Waals surface area contributed by atoms with Crippen molar-refractivity contribution < 1.29 is 32.9 Å². The number of aliphatic hydroxyl groups is 1. The highest BCUT2D eigenvalue weighted by atomic mass is 31.2. The summed E-state index contributed by atoms with van der Waals surface area (Å²) in [4.78, 5) is 23.4. The molecule has 0 radical (unpaired) electrons. The molecule has 1 amide bonds. The minimum absolute atomic E-state index is 0.0637. The lowest BCUT2D eigenvalue weighted by atomic mass is 10.0. The topological polar surface area (TPSA) is 105 Å². The van der Waals surface area contributed by atoms with Gasteiger partial charge in [-0.2, -0.15) is 0 Å². The van der Waals surface area contributed by atoms with E-state index in [1.807, 2.05) is 27.2 Å². The summed E-state index contributed by atoms with van der Waals surface area (Å²) in [5, 5.41) is 14.0. The number of nitrogens with zero attached hydrogens (tertiary/aromatic N) is 1. The molecule has 0 aliphatic carbocycles. The minimum Gasteiger partial charge on any atom is -0.387 e. The Bertz CT molecular complexity index is 1240. The van der Waals surface area contributed by atoms with Gasteiger partial charge in [0.1, 0.15) is 13.2 Å². The van der Waals surface area contributed by atoms with Gasteiger partial charge in [-0.1, -0.05) is 301 Å². The first-order valence-electron chi connectivity index (χ1n) is 32.2. The normalized spacial score (nSPS) is 13.9. The first kappa shape index (κ1) is 72.0. The summed E-state index contributed by atoms with van der Waals surface area (Å²) >= 11 is 0. The van der Waals surface area contributed by atoms with E-state index in [-0.39, 0.29) is 19.1 Å². The van der Waals surface area contributed by atoms with Gasteiger partial charge in [0.15, 0.2) is 0 Å². The second-order valence-corrected chi connectivity index (χ2v) is 24.9. The Balaban J connectivity index is 4.10. The third-order valence-electron chi connectivity index (χ3n) is 14.9. The highest BCUT2D eigenvalue weighted by Gasteiger charge is 2.28. The molecule has 0 aromatic heterocycles. The lowest BCUT2D eigenvalue weighted by molar-refractivity contribution is -0.870. The average molecular weight is 1050 g/mol. The van der Waals surface area contributed by atoms with Gasteiger partial charge < -0.3 is 19.8 Å². The molecule has 0 saturated carbocycles. The zero-order valence-electron chi connectivity index (χ0n) is 49.7. The van der Waals surface area contributed by atoms with Crippen molar-refractivity contribution in [1.29, 1.82) is 0 Å². The molecule has 0 aliphatic rings. The van der Waals surface area contributed by atoms with Crippen LogP contribution >= 0.6 is 7.82 Å². The quantitative estimate of drug-likeness (QED) is 0.0243. The van der Waals surface area contributed by atoms with Gasteiger partial charge in [-0.3, -0.25) is 13.8 Å². The zero-order chi connectivity index (χ0) is 53.5. The maximum absolute atomic E-state index is 13.0. The summed E-state index contributed by atoms with van der Waals surface area (Å²) in [6.07, 6.45) is 71.6. The highest BCUT2D eigenvalue weighted by Crippen LogP contribution is 2.43. The van der Waals surface area contributed by atoms with E-state index in [0.717, 1.165) is 32.1 Å². The molecule has 8 nitrogen and oxygen atoms in total. The number of hydrogen-bond donors (Lipinski definition) is 3. The molecule has 0 bridgehead atoms. The summed E-state index contributed by atoms with van der Waals surface area (Å²) in [6.45, 7) is 4.87. The Kier molecular flexibility index (Phi) is 54.9. The van der Waals surface area contributed by atoms with Gasteiger partial charge in [0.2, 0.25) is 5.91 Å². The van der Waals surface area contributed by atoms with E-state index in [1.54, 1.807) is 6.08 Å². The third-order valence-corrected chi connectivity index (χ3v) is 15.9. The predicted octanol–water partition coefficient (Wildman–Crippen LogP) is 19.9. The van der Waals surface area contributed by atoms with E-state index in [0.29, 0.717) is 17.4 Å². The molecule has 0 rings (SSSR count). The zero-order valence-corrected chi connectivity index (χ0v) is 50.5. The van der Waals surface area contributed by atoms with Crippen LogP contribution in [0.15, 0.2) is 24.3 Å². The molecule has 0 aromatic carbocycles. The number of allylic oxidation sites excluding steroid dienone is 3. The van der Waals surface area contributed by atoms with Crippen molar-refractivity contribution in [1.82, 2.24) is 5.32 Å². The van der Waals surface area contributed by atoms with Gasteiger partial charge in [0.05, 0.1) is 39.9 Å². The van der Waals surface area contributed by atoms with Crippen LogP contribution in [0.25, 0.3) is 0 Å². The summed E-state index contributed by atoms with van der Waals surface area (Å²) in [7, 11) is 1.59. The SMILES string of the molecule is CCCCCCCCCCCCCC/C=C\CCCCCCCCCCCCCCCC(=O)NC(COP(=O)(O)OCC[N+](C)(C)C)C(O)/C=C/CCCCCCCCCCCCCCCCCCCCCC. The Morgan fingerprint density at radius 2 is 0.740 bits per heavy atom. The molecular weight excluding hydrogens is 924 g/mol. The molecule has 0 aromatic rings. The third kappa shape index (κ3) is 58.5. The van der Waals surface area contributed by atoms with E-state index in [4.69, 9.17) is 9.05 Å². The number of likely N-dealkylation sites (N-methyl/N-ethyl adjacent to an activating group) is 1. The standard InChI is InChI=1S/C64H127N2O6P/c1-6-8-10-12-14-16-18-20-22-24-26-28-30-31-32-33-34-35-36-38-40-42-44-46-48-50-52-54-56-58-64(68)65-62(61-72-73(69,70)71-60-59-66(3,4)5)63(67)57-55-53-51-49-47-45-43-41-39-37-29-27-25-23-21-19-17-15-13-11-9-7-2/h31-32,55,57,62-63,67H,6-30,33-54,56,58-61H2,1-5H3,(H-,65,68,69,70)/p+1/b32-31-,57-55+. The molecule has 3 atom stereocenters. The molecule has 0 fully saturated rings. The summed E-state index contributed by atoms with van der Waals surface area (Å²) < 4.78 is 23.8. The average Bonchev–Trinajstić information content (AvgIpc) is 3.35.